The highest BCUT2D eigenvalue weighted by atomic mass is 16.6. The molecule has 8 heteroatoms. The van der Waals surface area contributed by atoms with Gasteiger partial charge in [-0.25, -0.2) is 4.79 Å². The maximum atomic E-state index is 13.0. The molecule has 0 bridgehead atoms. The van der Waals surface area contributed by atoms with Crippen molar-refractivity contribution in [3.05, 3.63) is 84.2 Å². The first-order valence-electron chi connectivity index (χ1n) is 12.0. The van der Waals surface area contributed by atoms with Gasteiger partial charge in [0.25, 0.3) is 5.91 Å². The minimum Gasteiger partial charge on any atom is -0.447 e. The molecule has 2 aromatic carbocycles. The van der Waals surface area contributed by atoms with Crippen molar-refractivity contribution in [1.82, 2.24) is 9.88 Å². The first kappa shape index (κ1) is 22.9. The predicted octanol–water partition coefficient (Wildman–Crippen LogP) is 3.66. The van der Waals surface area contributed by atoms with E-state index < -0.39 is 0 Å². The fourth-order valence-corrected chi connectivity index (χ4v) is 4.52. The number of hydrogen-bond acceptors (Lipinski definition) is 6. The number of nitrogens with one attached hydrogen (secondary N) is 1. The molecule has 2 amide bonds. The highest BCUT2D eigenvalue weighted by molar-refractivity contribution is 6.06. The molecule has 0 spiro atoms. The van der Waals surface area contributed by atoms with Crippen molar-refractivity contribution >= 4 is 29.1 Å². The van der Waals surface area contributed by atoms with E-state index in [4.69, 9.17) is 4.74 Å². The van der Waals surface area contributed by atoms with E-state index >= 15 is 0 Å². The third-order valence-electron chi connectivity index (χ3n) is 6.53. The van der Waals surface area contributed by atoms with Crippen LogP contribution in [0.5, 0.6) is 0 Å². The summed E-state index contributed by atoms with van der Waals surface area (Å²) in [5, 5.41) is 3.07. The van der Waals surface area contributed by atoms with Crippen molar-refractivity contribution < 1.29 is 14.3 Å². The Bertz CT molecular complexity index is 1160. The minimum atomic E-state index is -0.353. The van der Waals surface area contributed by atoms with Gasteiger partial charge in [-0.3, -0.25) is 19.6 Å². The smallest absolute Gasteiger partial charge is 0.414 e. The van der Waals surface area contributed by atoms with Gasteiger partial charge in [0.15, 0.2) is 0 Å². The first-order valence-corrected chi connectivity index (χ1v) is 12.0. The van der Waals surface area contributed by atoms with Gasteiger partial charge in [-0.2, -0.15) is 0 Å². The summed E-state index contributed by atoms with van der Waals surface area (Å²) in [4.78, 5) is 35.2. The molecule has 0 radical (unpaired) electrons. The molecule has 2 aliphatic heterocycles. The lowest BCUT2D eigenvalue weighted by Crippen LogP contribution is -2.47. The summed E-state index contributed by atoms with van der Waals surface area (Å²) in [6.07, 6.45) is 4.35. The van der Waals surface area contributed by atoms with Gasteiger partial charge in [0.2, 0.25) is 0 Å². The Labute approximate surface area is 205 Å². The van der Waals surface area contributed by atoms with Crippen LogP contribution in [0.4, 0.5) is 21.9 Å². The number of rotatable bonds is 7. The molecule has 0 saturated carbocycles. The Hall–Kier alpha value is -3.91. The maximum absolute atomic E-state index is 13.0. The molecule has 0 aliphatic carbocycles. The number of benzene rings is 2. The lowest BCUT2D eigenvalue weighted by atomic mass is 10.1. The third-order valence-corrected chi connectivity index (χ3v) is 6.53. The zero-order valence-corrected chi connectivity index (χ0v) is 19.6. The van der Waals surface area contributed by atoms with Gasteiger partial charge in [0, 0.05) is 56.4 Å². The average Bonchev–Trinajstić information content (AvgIpc) is 3.34. The summed E-state index contributed by atoms with van der Waals surface area (Å²) in [7, 11) is 0. The third kappa shape index (κ3) is 5.44. The quantitative estimate of drug-likeness (QED) is 0.567. The fourth-order valence-electron chi connectivity index (χ4n) is 4.52. The Balaban J connectivity index is 1.19. The van der Waals surface area contributed by atoms with Gasteiger partial charge in [-0.15, -0.1) is 0 Å². The molecular weight excluding hydrogens is 442 g/mol. The number of carbonyl (C=O) groups is 2. The number of nitrogens with zero attached hydrogens (tertiary/aromatic N) is 4. The van der Waals surface area contributed by atoms with Crippen LogP contribution in [0.2, 0.25) is 0 Å². The second-order valence-corrected chi connectivity index (χ2v) is 8.72. The molecule has 3 aromatic rings. The maximum Gasteiger partial charge on any atom is 0.414 e. The highest BCUT2D eigenvalue weighted by Gasteiger charge is 2.24. The van der Waals surface area contributed by atoms with Gasteiger partial charge >= 0.3 is 6.09 Å². The Morgan fingerprint density at radius 2 is 1.66 bits per heavy atom. The molecule has 3 heterocycles. The number of para-hydroxylation sites is 2. The monoisotopic (exact) mass is 471 g/mol. The van der Waals surface area contributed by atoms with Crippen LogP contribution in [0.1, 0.15) is 15.9 Å². The van der Waals surface area contributed by atoms with Crippen LogP contribution in [-0.4, -0.2) is 67.8 Å². The van der Waals surface area contributed by atoms with Crippen molar-refractivity contribution in [2.75, 3.05) is 61.0 Å². The summed E-state index contributed by atoms with van der Waals surface area (Å²) in [5.41, 5.74) is 4.41. The van der Waals surface area contributed by atoms with Gasteiger partial charge in [-0.1, -0.05) is 12.1 Å². The molecule has 2 saturated heterocycles. The van der Waals surface area contributed by atoms with Gasteiger partial charge in [-0.05, 0) is 60.5 Å². The summed E-state index contributed by atoms with van der Waals surface area (Å²) < 4.78 is 4.99. The number of carbonyl (C=O) groups excluding carboxylic acids is 2. The molecule has 35 heavy (non-hydrogen) atoms. The summed E-state index contributed by atoms with van der Waals surface area (Å²) in [5.74, 6) is -0.177. The van der Waals surface area contributed by atoms with Crippen molar-refractivity contribution in [1.29, 1.82) is 0 Å². The molecule has 0 atom stereocenters. The van der Waals surface area contributed by atoms with E-state index in [1.165, 1.54) is 5.56 Å². The normalized spacial score (nSPS) is 16.3. The lowest BCUT2D eigenvalue weighted by Gasteiger charge is -2.37. The summed E-state index contributed by atoms with van der Waals surface area (Å²) in [6.45, 7) is 5.71. The largest absolute Gasteiger partial charge is 0.447 e. The van der Waals surface area contributed by atoms with E-state index in [2.05, 4.69) is 38.3 Å². The van der Waals surface area contributed by atoms with E-state index in [1.807, 2.05) is 30.6 Å². The van der Waals surface area contributed by atoms with Crippen molar-refractivity contribution in [3.8, 4) is 0 Å². The summed E-state index contributed by atoms with van der Waals surface area (Å²) in [6, 6.07) is 19.1. The van der Waals surface area contributed by atoms with E-state index in [0.717, 1.165) is 56.2 Å². The van der Waals surface area contributed by atoms with Gasteiger partial charge in [0.1, 0.15) is 6.61 Å². The fraction of sp³-hybridized carbons (Fsp3) is 0.296. The number of amides is 2. The minimum absolute atomic E-state index is 0.177. The molecule has 1 aromatic heterocycles. The Kier molecular flexibility index (Phi) is 6.90. The van der Waals surface area contributed by atoms with E-state index in [0.29, 0.717) is 18.7 Å². The second kappa shape index (κ2) is 10.6. The van der Waals surface area contributed by atoms with Crippen LogP contribution in [0, 0.1) is 0 Å². The topological polar surface area (TPSA) is 78.0 Å². The zero-order valence-electron chi connectivity index (χ0n) is 19.6. The number of ether oxygens (including phenoxy) is 1. The van der Waals surface area contributed by atoms with Crippen LogP contribution >= 0.6 is 0 Å². The first-order chi connectivity index (χ1) is 17.2. The number of aromatic nitrogens is 1. The van der Waals surface area contributed by atoms with E-state index in [-0.39, 0.29) is 12.0 Å². The highest BCUT2D eigenvalue weighted by Crippen LogP contribution is 2.27. The number of cyclic esters (lactones) is 1. The van der Waals surface area contributed by atoms with Crippen LogP contribution in [0.3, 0.4) is 0 Å². The number of anilines is 3. The van der Waals surface area contributed by atoms with Crippen LogP contribution < -0.4 is 15.1 Å². The predicted molar refractivity (Wildman–Crippen MR) is 136 cm³/mol. The Morgan fingerprint density at radius 3 is 2.37 bits per heavy atom. The van der Waals surface area contributed by atoms with Crippen LogP contribution in [0.25, 0.3) is 0 Å². The molecule has 1 N–H and O–H groups in total. The molecular formula is C27H29N5O3. The average molecular weight is 472 g/mol. The van der Waals surface area contributed by atoms with Crippen LogP contribution in [0.15, 0.2) is 73.1 Å². The van der Waals surface area contributed by atoms with Crippen molar-refractivity contribution in [2.45, 2.75) is 6.42 Å². The zero-order chi connectivity index (χ0) is 24.0. The van der Waals surface area contributed by atoms with Crippen LogP contribution in [-0.2, 0) is 11.2 Å². The molecule has 5 rings (SSSR count). The van der Waals surface area contributed by atoms with Crippen molar-refractivity contribution in [3.63, 3.8) is 0 Å². The second-order valence-electron chi connectivity index (χ2n) is 8.72. The lowest BCUT2D eigenvalue weighted by molar-refractivity contribution is 0.102. The molecule has 2 aliphatic rings. The Morgan fingerprint density at radius 1 is 0.914 bits per heavy atom. The van der Waals surface area contributed by atoms with E-state index in [9.17, 15) is 9.59 Å². The van der Waals surface area contributed by atoms with E-state index in [1.54, 1.807) is 29.2 Å². The SMILES string of the molecule is O=C(Nc1ccccc1N1CCN(CCc2ccncc2)CC1)c1ccc(N2CCOC2=O)cc1. The molecule has 8 nitrogen and oxygen atoms in total. The number of pyridine rings is 1. The number of piperazine rings is 1. The van der Waals surface area contributed by atoms with Crippen molar-refractivity contribution in [2.24, 2.45) is 0 Å². The molecule has 180 valence electrons. The molecule has 0 unspecified atom stereocenters. The van der Waals surface area contributed by atoms with Gasteiger partial charge in [0.05, 0.1) is 17.9 Å². The standard InChI is InChI=1S/C27H29N5O3/c33-26(22-5-7-23(8-6-22)32-19-20-35-27(32)34)29-24-3-1-2-4-25(24)31-17-15-30(16-18-31)14-11-21-9-12-28-13-10-21/h1-10,12-13H,11,14-20H2,(H,29,33). The molecule has 2 fully saturated rings. The number of hydrogen-bond donors (Lipinski definition) is 1. The summed E-state index contributed by atoms with van der Waals surface area (Å²) >= 11 is 0. The van der Waals surface area contributed by atoms with Gasteiger partial charge < -0.3 is 15.0 Å².